The Morgan fingerprint density at radius 3 is 2.56 bits per heavy atom. The molecule has 1 aromatic rings. The predicted molar refractivity (Wildman–Crippen MR) is 116 cm³/mol. The van der Waals surface area contributed by atoms with Crippen LogP contribution in [0.25, 0.3) is 0 Å². The van der Waals surface area contributed by atoms with Gasteiger partial charge in [-0.2, -0.15) is 11.8 Å². The zero-order valence-corrected chi connectivity index (χ0v) is 18.1. The Balaban J connectivity index is 0.00000364. The summed E-state index contributed by atoms with van der Waals surface area (Å²) in [5.74, 6) is 1.16. The van der Waals surface area contributed by atoms with Crippen LogP contribution in [0.5, 0.6) is 0 Å². The molecule has 1 aliphatic heterocycles. The molecule has 1 aliphatic rings. The van der Waals surface area contributed by atoms with Crippen LogP contribution in [0.15, 0.2) is 24.3 Å². The standard InChI is InChI=1S/C20H31N3O2S.ClH/c1-14-5-4-6-17(13-14)19(24)22-18(9-12-26-3)20(25)23-10-7-16(8-11-23)15(2)21;/h4-6,13,15-16,18H,7-12,21H2,1-3H3,(H,22,24);1H. The highest BCUT2D eigenvalue weighted by Crippen LogP contribution is 2.20. The van der Waals surface area contributed by atoms with Gasteiger partial charge < -0.3 is 16.0 Å². The molecule has 3 N–H and O–H groups in total. The summed E-state index contributed by atoms with van der Waals surface area (Å²) < 4.78 is 0. The van der Waals surface area contributed by atoms with Gasteiger partial charge in [-0.3, -0.25) is 9.59 Å². The van der Waals surface area contributed by atoms with Gasteiger partial charge in [-0.05, 0) is 63.2 Å². The largest absolute Gasteiger partial charge is 0.341 e. The van der Waals surface area contributed by atoms with Gasteiger partial charge in [0, 0.05) is 24.7 Å². The molecular formula is C20H32ClN3O2S. The fraction of sp³-hybridized carbons (Fsp3) is 0.600. The molecule has 0 saturated carbocycles. The van der Waals surface area contributed by atoms with Crippen LogP contribution in [0, 0.1) is 12.8 Å². The van der Waals surface area contributed by atoms with Crippen molar-refractivity contribution in [2.45, 2.75) is 45.2 Å². The van der Waals surface area contributed by atoms with E-state index in [1.165, 1.54) is 0 Å². The van der Waals surface area contributed by atoms with Crippen molar-refractivity contribution >= 4 is 36.0 Å². The number of piperidine rings is 1. The zero-order valence-electron chi connectivity index (χ0n) is 16.4. The highest BCUT2D eigenvalue weighted by atomic mass is 35.5. The minimum absolute atomic E-state index is 0. The number of thioether (sulfide) groups is 1. The number of aryl methyl sites for hydroxylation is 1. The van der Waals surface area contributed by atoms with Crippen LogP contribution in [0.3, 0.4) is 0 Å². The van der Waals surface area contributed by atoms with Crippen molar-refractivity contribution in [1.82, 2.24) is 10.2 Å². The van der Waals surface area contributed by atoms with Crippen LogP contribution in [-0.2, 0) is 4.79 Å². The molecule has 5 nitrogen and oxygen atoms in total. The Bertz CT molecular complexity index is 619. The number of amides is 2. The first kappa shape index (κ1) is 23.8. The van der Waals surface area contributed by atoms with Crippen LogP contribution in [-0.4, -0.2) is 53.9 Å². The number of nitrogens with zero attached hydrogens (tertiary/aromatic N) is 1. The van der Waals surface area contributed by atoms with Crippen molar-refractivity contribution < 1.29 is 9.59 Å². The Labute approximate surface area is 173 Å². The maximum absolute atomic E-state index is 13.0. The fourth-order valence-corrected chi connectivity index (χ4v) is 3.86. The van der Waals surface area contributed by atoms with Crippen LogP contribution in [0.1, 0.15) is 42.1 Å². The number of hydrogen-bond acceptors (Lipinski definition) is 4. The molecular weight excluding hydrogens is 382 g/mol. The van der Waals surface area contributed by atoms with Crippen molar-refractivity contribution in [2.24, 2.45) is 11.7 Å². The lowest BCUT2D eigenvalue weighted by atomic mass is 9.90. The lowest BCUT2D eigenvalue weighted by molar-refractivity contribution is -0.134. The van der Waals surface area contributed by atoms with E-state index in [9.17, 15) is 9.59 Å². The van der Waals surface area contributed by atoms with Gasteiger partial charge in [-0.25, -0.2) is 0 Å². The molecule has 2 rings (SSSR count). The number of rotatable bonds is 7. The summed E-state index contributed by atoms with van der Waals surface area (Å²) in [5, 5.41) is 2.96. The van der Waals surface area contributed by atoms with Gasteiger partial charge in [0.2, 0.25) is 5.91 Å². The molecule has 0 spiro atoms. The van der Waals surface area contributed by atoms with Crippen LogP contribution >= 0.6 is 24.2 Å². The normalized spacial score (nSPS) is 17.0. The molecule has 0 aliphatic carbocycles. The van der Waals surface area contributed by atoms with Crippen molar-refractivity contribution in [1.29, 1.82) is 0 Å². The Hall–Kier alpha value is -1.24. The second-order valence-electron chi connectivity index (χ2n) is 7.20. The summed E-state index contributed by atoms with van der Waals surface area (Å²) in [7, 11) is 0. The van der Waals surface area contributed by atoms with Crippen LogP contribution in [0.4, 0.5) is 0 Å². The fourth-order valence-electron chi connectivity index (χ4n) is 3.39. The maximum atomic E-state index is 13.0. The SMILES string of the molecule is CSCCC(NC(=O)c1cccc(C)c1)C(=O)N1CCC(C(C)N)CC1.Cl. The summed E-state index contributed by atoms with van der Waals surface area (Å²) in [5.41, 5.74) is 7.62. The van der Waals surface area contributed by atoms with Gasteiger partial charge in [0.15, 0.2) is 0 Å². The molecule has 0 aromatic heterocycles. The minimum Gasteiger partial charge on any atom is -0.341 e. The number of nitrogens with one attached hydrogen (secondary N) is 1. The number of carbonyl (C=O) groups excluding carboxylic acids is 2. The summed E-state index contributed by atoms with van der Waals surface area (Å²) in [6.07, 6.45) is 4.53. The first-order valence-electron chi connectivity index (χ1n) is 9.33. The highest BCUT2D eigenvalue weighted by molar-refractivity contribution is 7.98. The van der Waals surface area contributed by atoms with Gasteiger partial charge in [0.25, 0.3) is 5.91 Å². The number of benzene rings is 1. The minimum atomic E-state index is -0.470. The van der Waals surface area contributed by atoms with E-state index in [2.05, 4.69) is 5.32 Å². The summed E-state index contributed by atoms with van der Waals surface area (Å²) in [6.45, 7) is 5.43. The highest BCUT2D eigenvalue weighted by Gasteiger charge is 2.30. The first-order chi connectivity index (χ1) is 12.4. The predicted octanol–water partition coefficient (Wildman–Crippen LogP) is 2.85. The van der Waals surface area contributed by atoms with E-state index >= 15 is 0 Å². The van der Waals surface area contributed by atoms with Crippen molar-refractivity contribution in [2.75, 3.05) is 25.1 Å². The average molecular weight is 414 g/mol. The van der Waals surface area contributed by atoms with Crippen molar-refractivity contribution in [3.63, 3.8) is 0 Å². The summed E-state index contributed by atoms with van der Waals surface area (Å²) in [4.78, 5) is 27.5. The third-order valence-electron chi connectivity index (χ3n) is 5.09. The average Bonchev–Trinajstić information content (AvgIpc) is 2.64. The molecule has 0 bridgehead atoms. The Morgan fingerprint density at radius 1 is 1.33 bits per heavy atom. The van der Waals surface area contributed by atoms with E-state index in [1.807, 2.05) is 43.2 Å². The lowest BCUT2D eigenvalue weighted by Crippen LogP contribution is -2.52. The molecule has 2 atom stereocenters. The Morgan fingerprint density at radius 2 is 2.00 bits per heavy atom. The molecule has 2 unspecified atom stereocenters. The Kier molecular flexibility index (Phi) is 10.2. The van der Waals surface area contributed by atoms with Gasteiger partial charge in [-0.15, -0.1) is 12.4 Å². The summed E-state index contributed by atoms with van der Waals surface area (Å²) in [6, 6.07) is 7.15. The topological polar surface area (TPSA) is 75.4 Å². The van der Waals surface area contributed by atoms with E-state index in [0.29, 0.717) is 17.9 Å². The lowest BCUT2D eigenvalue weighted by Gasteiger charge is -2.35. The van der Waals surface area contributed by atoms with Gasteiger partial charge in [0.1, 0.15) is 6.04 Å². The van der Waals surface area contributed by atoms with Gasteiger partial charge in [0.05, 0.1) is 0 Å². The summed E-state index contributed by atoms with van der Waals surface area (Å²) >= 11 is 1.69. The number of nitrogens with two attached hydrogens (primary N) is 1. The molecule has 0 radical (unpaired) electrons. The number of halogens is 1. The first-order valence-corrected chi connectivity index (χ1v) is 10.7. The molecule has 7 heteroatoms. The second-order valence-corrected chi connectivity index (χ2v) is 8.18. The molecule has 1 heterocycles. The molecule has 1 fully saturated rings. The van der Waals surface area contributed by atoms with E-state index < -0.39 is 6.04 Å². The van der Waals surface area contributed by atoms with Gasteiger partial charge >= 0.3 is 0 Å². The molecule has 1 saturated heterocycles. The zero-order chi connectivity index (χ0) is 19.1. The van der Waals surface area contributed by atoms with Crippen molar-refractivity contribution in [3.8, 4) is 0 Å². The van der Waals surface area contributed by atoms with E-state index in [-0.39, 0.29) is 30.3 Å². The van der Waals surface area contributed by atoms with E-state index in [4.69, 9.17) is 5.73 Å². The number of hydrogen-bond donors (Lipinski definition) is 2. The monoisotopic (exact) mass is 413 g/mol. The third kappa shape index (κ3) is 7.01. The van der Waals surface area contributed by atoms with E-state index in [1.54, 1.807) is 17.8 Å². The number of carbonyl (C=O) groups is 2. The van der Waals surface area contributed by atoms with Crippen LogP contribution in [0.2, 0.25) is 0 Å². The third-order valence-corrected chi connectivity index (χ3v) is 5.73. The maximum Gasteiger partial charge on any atom is 0.251 e. The molecule has 27 heavy (non-hydrogen) atoms. The second kappa shape index (κ2) is 11.6. The van der Waals surface area contributed by atoms with Crippen molar-refractivity contribution in [3.05, 3.63) is 35.4 Å². The quantitative estimate of drug-likeness (QED) is 0.720. The van der Waals surface area contributed by atoms with E-state index in [0.717, 1.165) is 37.2 Å². The van der Waals surface area contributed by atoms with Crippen LogP contribution < -0.4 is 11.1 Å². The molecule has 2 amide bonds. The molecule has 152 valence electrons. The number of likely N-dealkylation sites (tertiary alicyclic amines) is 1. The smallest absolute Gasteiger partial charge is 0.251 e. The molecule has 1 aromatic carbocycles. The van der Waals surface area contributed by atoms with Gasteiger partial charge in [-0.1, -0.05) is 17.7 Å².